The van der Waals surface area contributed by atoms with Crippen molar-refractivity contribution in [2.45, 2.75) is 25.4 Å². The molecule has 2 amide bonds. The third-order valence-corrected chi connectivity index (χ3v) is 4.24. The molecule has 1 aromatic rings. The lowest BCUT2D eigenvalue weighted by Crippen LogP contribution is -2.46. The molecule has 25 heavy (non-hydrogen) atoms. The van der Waals surface area contributed by atoms with Crippen LogP contribution in [0.4, 0.5) is 4.79 Å². The molecule has 1 atom stereocenters. The standard InChI is InChI=1S/C18H29N3O4/c1-20(18(24)21-10-3-2-4-11-21)12-9-19-13-16(23)14-25-17-7-5-15(22)6-8-17/h5-8,16,19,22-23H,2-4,9-14H2,1H3/t16-/m0/s1. The molecule has 0 unspecified atom stereocenters. The first-order valence-electron chi connectivity index (χ1n) is 8.87. The number of amides is 2. The van der Waals surface area contributed by atoms with E-state index in [0.29, 0.717) is 25.4 Å². The number of rotatable bonds is 8. The maximum atomic E-state index is 12.2. The predicted octanol–water partition coefficient (Wildman–Crippen LogP) is 1.26. The SMILES string of the molecule is CN(CCNC[C@H](O)COc1ccc(O)cc1)C(=O)N1CCCCC1. The lowest BCUT2D eigenvalue weighted by Gasteiger charge is -2.31. The number of hydrogen-bond donors (Lipinski definition) is 3. The summed E-state index contributed by atoms with van der Waals surface area (Å²) in [6, 6.07) is 6.45. The molecule has 1 aliphatic rings. The highest BCUT2D eigenvalue weighted by molar-refractivity contribution is 5.74. The van der Waals surface area contributed by atoms with Crippen LogP contribution in [0.2, 0.25) is 0 Å². The summed E-state index contributed by atoms with van der Waals surface area (Å²) < 4.78 is 5.45. The molecule has 1 heterocycles. The molecule has 2 rings (SSSR count). The Labute approximate surface area is 149 Å². The maximum absolute atomic E-state index is 12.2. The number of ether oxygens (including phenoxy) is 1. The first-order chi connectivity index (χ1) is 12.1. The monoisotopic (exact) mass is 351 g/mol. The minimum Gasteiger partial charge on any atom is -0.508 e. The van der Waals surface area contributed by atoms with E-state index >= 15 is 0 Å². The van der Waals surface area contributed by atoms with Gasteiger partial charge in [0.05, 0.1) is 0 Å². The number of carbonyl (C=O) groups excluding carboxylic acids is 1. The van der Waals surface area contributed by atoms with E-state index in [1.165, 1.54) is 18.6 Å². The van der Waals surface area contributed by atoms with Crippen molar-refractivity contribution in [2.24, 2.45) is 0 Å². The molecular weight excluding hydrogens is 322 g/mol. The smallest absolute Gasteiger partial charge is 0.319 e. The largest absolute Gasteiger partial charge is 0.508 e. The molecule has 7 nitrogen and oxygen atoms in total. The van der Waals surface area contributed by atoms with Crippen molar-refractivity contribution in [3.05, 3.63) is 24.3 Å². The third kappa shape index (κ3) is 6.80. The summed E-state index contributed by atoms with van der Waals surface area (Å²) in [6.07, 6.45) is 2.74. The average molecular weight is 351 g/mol. The second-order valence-electron chi connectivity index (χ2n) is 6.41. The van der Waals surface area contributed by atoms with Gasteiger partial charge in [-0.3, -0.25) is 0 Å². The lowest BCUT2D eigenvalue weighted by molar-refractivity contribution is 0.105. The first kappa shape index (κ1) is 19.3. The molecule has 7 heteroatoms. The van der Waals surface area contributed by atoms with Crippen LogP contribution >= 0.6 is 0 Å². The van der Waals surface area contributed by atoms with Gasteiger partial charge in [-0.15, -0.1) is 0 Å². The van der Waals surface area contributed by atoms with Gasteiger partial charge in [0.2, 0.25) is 0 Å². The Morgan fingerprint density at radius 1 is 1.28 bits per heavy atom. The number of nitrogens with one attached hydrogen (secondary N) is 1. The van der Waals surface area contributed by atoms with Crippen molar-refractivity contribution in [3.63, 3.8) is 0 Å². The fourth-order valence-electron chi connectivity index (χ4n) is 2.73. The molecule has 1 saturated heterocycles. The minimum absolute atomic E-state index is 0.0812. The number of benzene rings is 1. The Hall–Kier alpha value is -1.99. The first-order valence-corrected chi connectivity index (χ1v) is 8.87. The van der Waals surface area contributed by atoms with Crippen LogP contribution in [0, 0.1) is 0 Å². The summed E-state index contributed by atoms with van der Waals surface area (Å²) in [5, 5.41) is 22.3. The number of piperidine rings is 1. The Bertz CT molecular complexity index is 518. The molecule has 1 fully saturated rings. The van der Waals surface area contributed by atoms with Crippen LogP contribution in [0.5, 0.6) is 11.5 Å². The molecule has 0 aliphatic carbocycles. The Kier molecular flexibility index (Phi) is 7.81. The molecule has 0 spiro atoms. The van der Waals surface area contributed by atoms with Crippen molar-refractivity contribution < 1.29 is 19.7 Å². The van der Waals surface area contributed by atoms with E-state index in [1.54, 1.807) is 17.0 Å². The molecular formula is C18H29N3O4. The molecule has 0 aromatic heterocycles. The van der Waals surface area contributed by atoms with Crippen LogP contribution in [0.15, 0.2) is 24.3 Å². The number of nitrogens with zero attached hydrogens (tertiary/aromatic N) is 2. The lowest BCUT2D eigenvalue weighted by atomic mass is 10.1. The van der Waals surface area contributed by atoms with Gasteiger partial charge in [0.1, 0.15) is 24.2 Å². The highest BCUT2D eigenvalue weighted by atomic mass is 16.5. The molecule has 3 N–H and O–H groups in total. The molecule has 0 saturated carbocycles. The quantitative estimate of drug-likeness (QED) is 0.614. The number of aliphatic hydroxyl groups is 1. The molecule has 0 radical (unpaired) electrons. The molecule has 1 aromatic carbocycles. The average Bonchev–Trinajstić information content (AvgIpc) is 2.64. The number of urea groups is 1. The summed E-state index contributed by atoms with van der Waals surface area (Å²) in [6.45, 7) is 3.48. The van der Waals surface area contributed by atoms with E-state index in [-0.39, 0.29) is 18.4 Å². The second-order valence-corrected chi connectivity index (χ2v) is 6.41. The Morgan fingerprint density at radius 3 is 2.64 bits per heavy atom. The van der Waals surface area contributed by atoms with E-state index in [2.05, 4.69) is 5.32 Å². The van der Waals surface area contributed by atoms with Crippen LogP contribution in [0.1, 0.15) is 19.3 Å². The zero-order valence-electron chi connectivity index (χ0n) is 14.9. The van der Waals surface area contributed by atoms with Gasteiger partial charge in [0.15, 0.2) is 0 Å². The van der Waals surface area contributed by atoms with Crippen LogP contribution in [-0.2, 0) is 0 Å². The number of hydrogen-bond acceptors (Lipinski definition) is 5. The highest BCUT2D eigenvalue weighted by Gasteiger charge is 2.19. The van der Waals surface area contributed by atoms with E-state index in [9.17, 15) is 15.0 Å². The number of likely N-dealkylation sites (tertiary alicyclic amines) is 1. The molecule has 0 bridgehead atoms. The topological polar surface area (TPSA) is 85.3 Å². The number of aromatic hydroxyl groups is 1. The minimum atomic E-state index is -0.642. The second kappa shape index (κ2) is 10.1. The molecule has 140 valence electrons. The molecule has 1 aliphatic heterocycles. The summed E-state index contributed by atoms with van der Waals surface area (Å²) in [5.74, 6) is 0.779. The van der Waals surface area contributed by atoms with E-state index in [4.69, 9.17) is 4.74 Å². The van der Waals surface area contributed by atoms with Gasteiger partial charge < -0.3 is 30.1 Å². The Morgan fingerprint density at radius 2 is 1.96 bits per heavy atom. The maximum Gasteiger partial charge on any atom is 0.319 e. The Balaban J connectivity index is 1.56. The van der Waals surface area contributed by atoms with Crippen LogP contribution in [0.25, 0.3) is 0 Å². The fraction of sp³-hybridized carbons (Fsp3) is 0.611. The van der Waals surface area contributed by atoms with Crippen LogP contribution < -0.4 is 10.1 Å². The highest BCUT2D eigenvalue weighted by Crippen LogP contribution is 2.15. The summed E-state index contributed by atoms with van der Waals surface area (Å²) >= 11 is 0. The van der Waals surface area contributed by atoms with Crippen molar-refractivity contribution in [2.75, 3.05) is 46.4 Å². The van der Waals surface area contributed by atoms with Crippen LogP contribution in [-0.4, -0.2) is 78.5 Å². The predicted molar refractivity (Wildman–Crippen MR) is 95.9 cm³/mol. The zero-order chi connectivity index (χ0) is 18.1. The van der Waals surface area contributed by atoms with Gasteiger partial charge in [-0.2, -0.15) is 0 Å². The van der Waals surface area contributed by atoms with Gasteiger partial charge in [-0.25, -0.2) is 4.79 Å². The van der Waals surface area contributed by atoms with Crippen LogP contribution in [0.3, 0.4) is 0 Å². The number of phenolic OH excluding ortho intramolecular Hbond substituents is 1. The normalized spacial score (nSPS) is 15.7. The number of likely N-dealkylation sites (N-methyl/N-ethyl adjacent to an activating group) is 1. The van der Waals surface area contributed by atoms with Gasteiger partial charge in [-0.1, -0.05) is 0 Å². The number of phenols is 1. The van der Waals surface area contributed by atoms with Crippen molar-refractivity contribution in [3.8, 4) is 11.5 Å². The summed E-state index contributed by atoms with van der Waals surface area (Å²) in [4.78, 5) is 15.9. The number of carbonyl (C=O) groups is 1. The fourth-order valence-corrected chi connectivity index (χ4v) is 2.73. The third-order valence-electron chi connectivity index (χ3n) is 4.24. The van der Waals surface area contributed by atoms with Crippen molar-refractivity contribution in [1.82, 2.24) is 15.1 Å². The van der Waals surface area contributed by atoms with E-state index in [0.717, 1.165) is 25.9 Å². The van der Waals surface area contributed by atoms with Gasteiger partial charge in [0, 0.05) is 39.8 Å². The van der Waals surface area contributed by atoms with E-state index in [1.807, 2.05) is 11.9 Å². The zero-order valence-corrected chi connectivity index (χ0v) is 14.9. The van der Waals surface area contributed by atoms with E-state index < -0.39 is 6.10 Å². The van der Waals surface area contributed by atoms with Gasteiger partial charge in [0.25, 0.3) is 0 Å². The number of aliphatic hydroxyl groups excluding tert-OH is 1. The van der Waals surface area contributed by atoms with Crippen molar-refractivity contribution >= 4 is 6.03 Å². The van der Waals surface area contributed by atoms with Gasteiger partial charge >= 0.3 is 6.03 Å². The van der Waals surface area contributed by atoms with Gasteiger partial charge in [-0.05, 0) is 43.5 Å². The summed E-state index contributed by atoms with van der Waals surface area (Å²) in [7, 11) is 1.81. The van der Waals surface area contributed by atoms with Crippen molar-refractivity contribution in [1.29, 1.82) is 0 Å². The summed E-state index contributed by atoms with van der Waals surface area (Å²) in [5.41, 5.74) is 0.